The lowest BCUT2D eigenvalue weighted by Crippen LogP contribution is -2.32. The van der Waals surface area contributed by atoms with E-state index in [0.29, 0.717) is 6.61 Å². The average Bonchev–Trinajstić information content (AvgIpc) is 2.53. The second-order valence-corrected chi connectivity index (χ2v) is 4.68. The molecule has 1 aromatic heterocycles. The zero-order chi connectivity index (χ0) is 15.8. The van der Waals surface area contributed by atoms with Crippen molar-refractivity contribution in [2.75, 3.05) is 13.2 Å². The predicted octanol–water partition coefficient (Wildman–Crippen LogP) is 0.0884. The highest BCUT2D eigenvalue weighted by Crippen LogP contribution is 2.02. The lowest BCUT2D eigenvalue weighted by Gasteiger charge is -2.16. The van der Waals surface area contributed by atoms with Crippen molar-refractivity contribution in [3.8, 4) is 0 Å². The van der Waals surface area contributed by atoms with Crippen LogP contribution in [-0.4, -0.2) is 34.0 Å². The van der Waals surface area contributed by atoms with Gasteiger partial charge in [0.25, 0.3) is 5.56 Å². The molecule has 0 radical (unpaired) electrons. The van der Waals surface area contributed by atoms with Crippen LogP contribution < -0.4 is 11.2 Å². The van der Waals surface area contributed by atoms with E-state index in [1.165, 1.54) is 16.8 Å². The molecule has 1 aromatic carbocycles. The molecule has 118 valence electrons. The van der Waals surface area contributed by atoms with Gasteiger partial charge in [0.1, 0.15) is 12.8 Å². The van der Waals surface area contributed by atoms with E-state index in [9.17, 15) is 14.7 Å². The first kappa shape index (κ1) is 16.2. The van der Waals surface area contributed by atoms with Crippen LogP contribution in [0.25, 0.3) is 0 Å². The second kappa shape index (κ2) is 8.28. The maximum absolute atomic E-state index is 11.5. The van der Waals surface area contributed by atoms with Crippen molar-refractivity contribution < 1.29 is 14.6 Å². The quantitative estimate of drug-likeness (QED) is 0.721. The van der Waals surface area contributed by atoms with Gasteiger partial charge in [-0.15, -0.1) is 0 Å². The molecule has 0 saturated heterocycles. The van der Waals surface area contributed by atoms with Crippen LogP contribution in [0.1, 0.15) is 5.56 Å². The Bertz CT molecular complexity index is 680. The second-order valence-electron chi connectivity index (χ2n) is 4.68. The summed E-state index contributed by atoms with van der Waals surface area (Å²) in [5.74, 6) is 0. The molecule has 2 rings (SSSR count). The third-order valence-electron chi connectivity index (χ3n) is 2.97. The number of rotatable bonds is 8. The summed E-state index contributed by atoms with van der Waals surface area (Å²) in [6.45, 7) is 0.311. The molecule has 7 nitrogen and oxygen atoms in total. The summed E-state index contributed by atoms with van der Waals surface area (Å²) in [6, 6.07) is 10.9. The Labute approximate surface area is 126 Å². The van der Waals surface area contributed by atoms with Gasteiger partial charge in [-0.1, -0.05) is 30.3 Å². The molecule has 0 spiro atoms. The van der Waals surface area contributed by atoms with Crippen LogP contribution in [0.3, 0.4) is 0 Å². The molecule has 0 saturated carbocycles. The lowest BCUT2D eigenvalue weighted by atomic mass is 10.2. The lowest BCUT2D eigenvalue weighted by molar-refractivity contribution is -0.0717. The van der Waals surface area contributed by atoms with E-state index in [1.807, 2.05) is 30.3 Å². The molecule has 7 heteroatoms. The summed E-state index contributed by atoms with van der Waals surface area (Å²) in [5, 5.41) is 9.26. The van der Waals surface area contributed by atoms with Crippen LogP contribution in [0.4, 0.5) is 0 Å². The molecule has 0 fully saturated rings. The Morgan fingerprint density at radius 1 is 1.18 bits per heavy atom. The van der Waals surface area contributed by atoms with Crippen molar-refractivity contribution in [3.63, 3.8) is 0 Å². The molecule has 0 aliphatic heterocycles. The van der Waals surface area contributed by atoms with Gasteiger partial charge in [-0.2, -0.15) is 0 Å². The van der Waals surface area contributed by atoms with Crippen molar-refractivity contribution in [2.24, 2.45) is 0 Å². The monoisotopic (exact) mass is 306 g/mol. The fraction of sp³-hybridized carbons (Fsp3) is 0.333. The van der Waals surface area contributed by atoms with E-state index in [2.05, 4.69) is 4.98 Å². The number of ether oxygens (including phenoxy) is 2. The molecule has 22 heavy (non-hydrogen) atoms. The number of benzene rings is 1. The van der Waals surface area contributed by atoms with Crippen LogP contribution in [-0.2, 0) is 22.8 Å². The summed E-state index contributed by atoms with van der Waals surface area (Å²) in [7, 11) is 0. The number of H-pyrrole nitrogens is 1. The number of nitrogens with zero attached hydrogens (tertiary/aromatic N) is 1. The van der Waals surface area contributed by atoms with E-state index in [-0.39, 0.29) is 19.9 Å². The summed E-state index contributed by atoms with van der Waals surface area (Å²) in [6.07, 6.45) is 0.781. The van der Waals surface area contributed by atoms with Gasteiger partial charge in [-0.25, -0.2) is 4.79 Å². The van der Waals surface area contributed by atoms with Gasteiger partial charge in [-0.05, 0) is 5.56 Å². The van der Waals surface area contributed by atoms with Gasteiger partial charge in [0, 0.05) is 12.3 Å². The van der Waals surface area contributed by atoms with Crippen molar-refractivity contribution in [2.45, 2.75) is 19.4 Å². The minimum Gasteiger partial charge on any atom is -0.394 e. The normalized spacial score (nSPS) is 12.2. The first-order chi connectivity index (χ1) is 10.7. The maximum Gasteiger partial charge on any atom is 0.330 e. The van der Waals surface area contributed by atoms with E-state index in [0.717, 1.165) is 5.56 Å². The smallest absolute Gasteiger partial charge is 0.330 e. The van der Waals surface area contributed by atoms with Gasteiger partial charge >= 0.3 is 5.69 Å². The molecule has 0 aliphatic rings. The van der Waals surface area contributed by atoms with Crippen LogP contribution in [0.15, 0.2) is 52.2 Å². The number of hydrogen-bond acceptors (Lipinski definition) is 5. The Hall–Kier alpha value is -2.22. The molecule has 0 amide bonds. The van der Waals surface area contributed by atoms with Gasteiger partial charge < -0.3 is 14.6 Å². The summed E-state index contributed by atoms with van der Waals surface area (Å²) in [5.41, 5.74) is -0.00316. The van der Waals surface area contributed by atoms with Crippen LogP contribution >= 0.6 is 0 Å². The Kier molecular flexibility index (Phi) is 6.08. The topological polar surface area (TPSA) is 93.5 Å². The van der Waals surface area contributed by atoms with E-state index in [1.54, 1.807) is 0 Å². The number of aromatic amines is 1. The van der Waals surface area contributed by atoms with E-state index in [4.69, 9.17) is 9.47 Å². The predicted molar refractivity (Wildman–Crippen MR) is 79.4 cm³/mol. The fourth-order valence-electron chi connectivity index (χ4n) is 1.77. The van der Waals surface area contributed by atoms with Crippen molar-refractivity contribution in [1.82, 2.24) is 9.55 Å². The molecular formula is C15H18N2O5. The van der Waals surface area contributed by atoms with Gasteiger partial charge in [-0.3, -0.25) is 14.3 Å². The maximum atomic E-state index is 11.5. The van der Waals surface area contributed by atoms with Crippen molar-refractivity contribution in [3.05, 3.63) is 69.0 Å². The number of hydrogen-bond donors (Lipinski definition) is 2. The third kappa shape index (κ3) is 4.96. The molecular weight excluding hydrogens is 288 g/mol. The minimum absolute atomic E-state index is 0.0739. The average molecular weight is 306 g/mol. The summed E-state index contributed by atoms with van der Waals surface area (Å²) >= 11 is 0. The van der Waals surface area contributed by atoms with Crippen molar-refractivity contribution >= 4 is 0 Å². The molecule has 2 aromatic rings. The first-order valence-corrected chi connectivity index (χ1v) is 6.83. The van der Waals surface area contributed by atoms with E-state index >= 15 is 0 Å². The first-order valence-electron chi connectivity index (χ1n) is 6.83. The van der Waals surface area contributed by atoms with Crippen molar-refractivity contribution in [1.29, 1.82) is 0 Å². The zero-order valence-corrected chi connectivity index (χ0v) is 12.0. The molecule has 0 bridgehead atoms. The summed E-state index contributed by atoms with van der Waals surface area (Å²) < 4.78 is 12.1. The number of aliphatic hydroxyl groups is 1. The van der Waals surface area contributed by atoms with E-state index < -0.39 is 17.4 Å². The Morgan fingerprint density at radius 2 is 1.95 bits per heavy atom. The third-order valence-corrected chi connectivity index (χ3v) is 2.97. The highest BCUT2D eigenvalue weighted by atomic mass is 16.5. The zero-order valence-electron chi connectivity index (χ0n) is 12.0. The Morgan fingerprint density at radius 3 is 2.64 bits per heavy atom. The molecule has 1 unspecified atom stereocenters. The van der Waals surface area contributed by atoms with Crippen LogP contribution in [0.2, 0.25) is 0 Å². The fourth-order valence-corrected chi connectivity index (χ4v) is 1.77. The summed E-state index contributed by atoms with van der Waals surface area (Å²) in [4.78, 5) is 24.5. The molecule has 0 aliphatic carbocycles. The Balaban J connectivity index is 1.79. The van der Waals surface area contributed by atoms with Gasteiger partial charge in [0.15, 0.2) is 0 Å². The number of nitrogens with one attached hydrogen (secondary N) is 1. The molecule has 2 N–H and O–H groups in total. The standard InChI is InChI=1S/C15H18N2O5/c18-8-13(10-21-9-12-4-2-1-3-5-12)22-11-17-7-6-14(19)16-15(17)20/h1-7,13,18H,8-11H2,(H,16,19,20). The van der Waals surface area contributed by atoms with Crippen LogP contribution in [0, 0.1) is 0 Å². The van der Waals surface area contributed by atoms with Crippen LogP contribution in [0.5, 0.6) is 0 Å². The molecule has 1 atom stereocenters. The number of aliphatic hydroxyl groups excluding tert-OH is 1. The number of aromatic nitrogens is 2. The largest absolute Gasteiger partial charge is 0.394 e. The molecule has 1 heterocycles. The van der Waals surface area contributed by atoms with Gasteiger partial charge in [0.05, 0.1) is 19.8 Å². The SMILES string of the molecule is O=c1ccn(COC(CO)COCc2ccccc2)c(=O)[nH]1. The van der Waals surface area contributed by atoms with Gasteiger partial charge in [0.2, 0.25) is 0 Å². The highest BCUT2D eigenvalue weighted by molar-refractivity contribution is 5.13. The highest BCUT2D eigenvalue weighted by Gasteiger charge is 2.09. The minimum atomic E-state index is -0.561.